The lowest BCUT2D eigenvalue weighted by Gasteiger charge is -2.07. The Bertz CT molecular complexity index is 433. The van der Waals surface area contributed by atoms with E-state index in [0.717, 1.165) is 6.07 Å². The van der Waals surface area contributed by atoms with Gasteiger partial charge in [-0.05, 0) is 18.2 Å². The largest absolute Gasteiger partial charge is 0.496 e. The van der Waals surface area contributed by atoms with E-state index in [0.29, 0.717) is 0 Å². The third-order valence-electron chi connectivity index (χ3n) is 2.02. The molecule has 0 amide bonds. The average Bonchev–Trinajstić information content (AvgIpc) is 2.28. The van der Waals surface area contributed by atoms with Crippen molar-refractivity contribution < 1.29 is 23.8 Å². The monoisotopic (exact) mass is 241 g/mol. The molecule has 17 heavy (non-hydrogen) atoms. The van der Waals surface area contributed by atoms with Gasteiger partial charge in [-0.2, -0.15) is 0 Å². The van der Waals surface area contributed by atoms with Crippen LogP contribution in [-0.4, -0.2) is 37.1 Å². The predicted molar refractivity (Wildman–Crippen MR) is 57.8 cm³/mol. The third kappa shape index (κ3) is 3.84. The molecule has 0 unspecified atom stereocenters. The zero-order valence-corrected chi connectivity index (χ0v) is 9.20. The molecule has 0 bridgehead atoms. The number of Topliss-reactive ketones (excluding diaryl/α,β-unsaturated/α-hetero) is 1. The van der Waals surface area contributed by atoms with Crippen LogP contribution in [0.1, 0.15) is 10.4 Å². The topological polar surface area (TPSA) is 75.6 Å². The zero-order valence-electron chi connectivity index (χ0n) is 9.20. The molecule has 0 aliphatic heterocycles. The van der Waals surface area contributed by atoms with Crippen LogP contribution in [0, 0.1) is 5.82 Å². The molecule has 0 saturated heterocycles. The number of methoxy groups -OCH3 is 1. The Hall–Kier alpha value is -1.95. The van der Waals surface area contributed by atoms with Gasteiger partial charge in [0.1, 0.15) is 11.6 Å². The summed E-state index contributed by atoms with van der Waals surface area (Å²) in [5, 5.41) is 10.8. The first-order valence-electron chi connectivity index (χ1n) is 4.84. The fourth-order valence-corrected chi connectivity index (χ4v) is 1.28. The second-order valence-electron chi connectivity index (χ2n) is 3.27. The molecule has 6 heteroatoms. The number of carboxylic acids is 1. The summed E-state index contributed by atoms with van der Waals surface area (Å²) in [6.45, 7) is -0.518. The number of halogens is 1. The van der Waals surface area contributed by atoms with Gasteiger partial charge in [0.15, 0.2) is 5.78 Å². The van der Waals surface area contributed by atoms with E-state index in [2.05, 4.69) is 5.32 Å². The third-order valence-corrected chi connectivity index (χ3v) is 2.02. The summed E-state index contributed by atoms with van der Waals surface area (Å²) >= 11 is 0. The molecule has 1 aromatic carbocycles. The van der Waals surface area contributed by atoms with Gasteiger partial charge < -0.3 is 9.84 Å². The molecule has 5 nitrogen and oxygen atoms in total. The number of nitrogens with one attached hydrogen (secondary N) is 1. The maximum atomic E-state index is 13.0. The molecule has 0 aromatic heterocycles. The van der Waals surface area contributed by atoms with Gasteiger partial charge in [-0.1, -0.05) is 0 Å². The molecule has 0 spiro atoms. The number of ketones is 1. The number of ether oxygens (including phenoxy) is 1. The first-order valence-corrected chi connectivity index (χ1v) is 4.84. The van der Waals surface area contributed by atoms with Gasteiger partial charge in [-0.25, -0.2) is 4.39 Å². The Kier molecular flexibility index (Phi) is 4.59. The highest BCUT2D eigenvalue weighted by Gasteiger charge is 2.13. The van der Waals surface area contributed by atoms with E-state index >= 15 is 0 Å². The van der Waals surface area contributed by atoms with Crippen LogP contribution < -0.4 is 10.1 Å². The highest BCUT2D eigenvalue weighted by molar-refractivity contribution is 6.00. The van der Waals surface area contributed by atoms with Crippen molar-refractivity contribution in [2.45, 2.75) is 0 Å². The molecular weight excluding hydrogens is 229 g/mol. The summed E-state index contributed by atoms with van der Waals surface area (Å²) in [5.74, 6) is -1.78. The van der Waals surface area contributed by atoms with E-state index in [4.69, 9.17) is 9.84 Å². The highest BCUT2D eigenvalue weighted by Crippen LogP contribution is 2.19. The van der Waals surface area contributed by atoms with Gasteiger partial charge in [-0.3, -0.25) is 14.9 Å². The number of carbonyl (C=O) groups excluding carboxylic acids is 1. The van der Waals surface area contributed by atoms with Crippen LogP contribution in [-0.2, 0) is 4.79 Å². The lowest BCUT2D eigenvalue weighted by atomic mass is 10.1. The first kappa shape index (κ1) is 13.1. The van der Waals surface area contributed by atoms with E-state index in [-0.39, 0.29) is 24.4 Å². The minimum atomic E-state index is -1.07. The van der Waals surface area contributed by atoms with Gasteiger partial charge in [-0.15, -0.1) is 0 Å². The molecule has 1 rings (SSSR count). The molecule has 1 aromatic rings. The lowest BCUT2D eigenvalue weighted by Crippen LogP contribution is -2.28. The summed E-state index contributed by atoms with van der Waals surface area (Å²) in [6, 6.07) is 3.59. The van der Waals surface area contributed by atoms with Crippen molar-refractivity contribution in [3.8, 4) is 5.75 Å². The summed E-state index contributed by atoms with van der Waals surface area (Å²) < 4.78 is 17.9. The normalized spacial score (nSPS) is 10.0. The number of rotatable bonds is 6. The average molecular weight is 241 g/mol. The first-order chi connectivity index (χ1) is 8.04. The van der Waals surface area contributed by atoms with Crippen LogP contribution in [0.25, 0.3) is 0 Å². The lowest BCUT2D eigenvalue weighted by molar-refractivity contribution is -0.135. The number of benzene rings is 1. The zero-order chi connectivity index (χ0) is 12.8. The van der Waals surface area contributed by atoms with Crippen molar-refractivity contribution in [1.82, 2.24) is 5.32 Å². The predicted octanol–water partition coefficient (Wildman–Crippen LogP) is 0.691. The molecule has 2 N–H and O–H groups in total. The van der Waals surface area contributed by atoms with Crippen LogP contribution in [0.3, 0.4) is 0 Å². The fourth-order valence-electron chi connectivity index (χ4n) is 1.28. The number of hydrogen-bond donors (Lipinski definition) is 2. The number of hydrogen-bond acceptors (Lipinski definition) is 4. The second kappa shape index (κ2) is 5.95. The molecule has 0 radical (unpaired) electrons. The maximum Gasteiger partial charge on any atom is 0.317 e. The van der Waals surface area contributed by atoms with Crippen molar-refractivity contribution in [2.24, 2.45) is 0 Å². The number of aliphatic carboxylic acids is 1. The van der Waals surface area contributed by atoms with E-state index in [1.54, 1.807) is 0 Å². The van der Waals surface area contributed by atoms with Crippen molar-refractivity contribution >= 4 is 11.8 Å². The Morgan fingerprint density at radius 3 is 2.71 bits per heavy atom. The van der Waals surface area contributed by atoms with Gasteiger partial charge in [0, 0.05) is 0 Å². The molecule has 0 saturated carbocycles. The van der Waals surface area contributed by atoms with Crippen molar-refractivity contribution in [3.63, 3.8) is 0 Å². The van der Waals surface area contributed by atoms with Crippen LogP contribution in [0.2, 0.25) is 0 Å². The Balaban J connectivity index is 2.73. The minimum Gasteiger partial charge on any atom is -0.496 e. The van der Waals surface area contributed by atoms with Gasteiger partial charge in [0.2, 0.25) is 0 Å². The van der Waals surface area contributed by atoms with Crippen LogP contribution in [0.15, 0.2) is 18.2 Å². The smallest absolute Gasteiger partial charge is 0.317 e. The van der Waals surface area contributed by atoms with Crippen molar-refractivity contribution in [2.75, 3.05) is 20.2 Å². The standard InChI is InChI=1S/C11H12FNO4/c1-17-10-3-2-7(12)4-8(10)9(14)5-13-6-11(15)16/h2-4,13H,5-6H2,1H3,(H,15,16). The molecular formula is C11H12FNO4. The maximum absolute atomic E-state index is 13.0. The molecule has 0 fully saturated rings. The number of carboxylic acid groups (broad SMARTS) is 1. The molecule has 0 heterocycles. The SMILES string of the molecule is COc1ccc(F)cc1C(=O)CNCC(=O)O. The van der Waals surface area contributed by atoms with Gasteiger partial charge in [0.25, 0.3) is 0 Å². The molecule has 0 atom stereocenters. The summed E-state index contributed by atoms with van der Waals surface area (Å²) in [4.78, 5) is 21.9. The molecule has 0 aliphatic rings. The van der Waals surface area contributed by atoms with E-state index in [9.17, 15) is 14.0 Å². The summed E-state index contributed by atoms with van der Waals surface area (Å²) in [7, 11) is 1.37. The Morgan fingerprint density at radius 1 is 1.41 bits per heavy atom. The quantitative estimate of drug-likeness (QED) is 0.717. The Labute approximate surface area is 97.2 Å². The minimum absolute atomic E-state index is 0.0883. The summed E-state index contributed by atoms with van der Waals surface area (Å²) in [5.41, 5.74) is 0.0883. The van der Waals surface area contributed by atoms with Gasteiger partial charge in [0.05, 0.1) is 25.8 Å². The molecule has 92 valence electrons. The van der Waals surface area contributed by atoms with Crippen LogP contribution >= 0.6 is 0 Å². The van der Waals surface area contributed by atoms with E-state index in [1.165, 1.54) is 19.2 Å². The van der Waals surface area contributed by atoms with Crippen molar-refractivity contribution in [3.05, 3.63) is 29.6 Å². The second-order valence-corrected chi connectivity index (χ2v) is 3.27. The van der Waals surface area contributed by atoms with Crippen LogP contribution in [0.4, 0.5) is 4.39 Å². The summed E-state index contributed by atoms with van der Waals surface area (Å²) in [6.07, 6.45) is 0. The Morgan fingerprint density at radius 2 is 2.12 bits per heavy atom. The van der Waals surface area contributed by atoms with Crippen LogP contribution in [0.5, 0.6) is 5.75 Å². The van der Waals surface area contributed by atoms with E-state index in [1.807, 2.05) is 0 Å². The fraction of sp³-hybridized carbons (Fsp3) is 0.273. The van der Waals surface area contributed by atoms with Gasteiger partial charge >= 0.3 is 5.97 Å². The highest BCUT2D eigenvalue weighted by atomic mass is 19.1. The number of carbonyl (C=O) groups is 2. The van der Waals surface area contributed by atoms with Crippen molar-refractivity contribution in [1.29, 1.82) is 0 Å². The molecule has 0 aliphatic carbocycles. The van der Waals surface area contributed by atoms with E-state index < -0.39 is 17.6 Å².